The maximum Gasteiger partial charge on any atom is 0.220 e. The summed E-state index contributed by atoms with van der Waals surface area (Å²) in [6, 6.07) is 6.57. The van der Waals surface area contributed by atoms with Gasteiger partial charge in [0.05, 0.1) is 47.0 Å². The normalized spacial score (nSPS) is 14.0. The number of carbonyl (C=O) groups is 1. The van der Waals surface area contributed by atoms with Crippen molar-refractivity contribution < 1.29 is 28.3 Å². The number of aryl methyl sites for hydroxylation is 1. The molecular weight excluding hydrogens is 446 g/mol. The third kappa shape index (κ3) is 6.11. The molecule has 1 aliphatic rings. The first-order valence-electron chi connectivity index (χ1n) is 10.2. The monoisotopic (exact) mass is 477 g/mol. The minimum absolute atomic E-state index is 0.167. The largest absolute Gasteiger partial charge is 0.617 e. The molecule has 1 N–H and O–H groups in total. The van der Waals surface area contributed by atoms with Crippen molar-refractivity contribution in [1.29, 1.82) is 0 Å². The summed E-state index contributed by atoms with van der Waals surface area (Å²) < 4.78 is 31.6. The van der Waals surface area contributed by atoms with Gasteiger partial charge in [-0.3, -0.25) is 9.59 Å². The average molecular weight is 478 g/mol. The highest BCUT2D eigenvalue weighted by Crippen LogP contribution is 2.50. The van der Waals surface area contributed by atoms with Crippen molar-refractivity contribution >= 4 is 17.1 Å². The Bertz CT molecular complexity index is 1050. The number of ether oxygens (including phenoxy) is 4. The smallest absolute Gasteiger partial charge is 0.220 e. The molecule has 9 heteroatoms. The SMILES string of the molecule is COc1cc2c(c(OC)c1OC)-c1ccc(OC)c(=O)cc1[C@@H](NC(C)=O)CC2.C[S+](C)[O-]. The Labute approximate surface area is 197 Å². The van der Waals surface area contributed by atoms with Crippen LogP contribution in [0.3, 0.4) is 0 Å². The molecule has 0 heterocycles. The van der Waals surface area contributed by atoms with Gasteiger partial charge in [0.25, 0.3) is 0 Å². The summed E-state index contributed by atoms with van der Waals surface area (Å²) in [6.07, 6.45) is 4.55. The van der Waals surface area contributed by atoms with Crippen LogP contribution in [0.1, 0.15) is 30.5 Å². The average Bonchev–Trinajstić information content (AvgIpc) is 3.00. The summed E-state index contributed by atoms with van der Waals surface area (Å²) in [5, 5.41) is 2.96. The van der Waals surface area contributed by atoms with E-state index in [1.54, 1.807) is 39.9 Å². The number of hydrogen-bond acceptors (Lipinski definition) is 7. The standard InChI is InChI=1S/C22H25NO6.C2H6OS/c1-12(24)23-16-8-6-13-10-19(27-3)21(28-4)22(29-5)20(13)14-7-9-18(26-2)17(25)11-15(14)16;1-4(2)3/h7,9-11,16H,6,8H2,1-5H3,(H,23,24);1-2H3/t16-;/m0./s1. The number of amides is 1. The molecule has 0 bridgehead atoms. The highest BCUT2D eigenvalue weighted by atomic mass is 32.2. The Balaban J connectivity index is 0.000000890. The van der Waals surface area contributed by atoms with Crippen molar-refractivity contribution in [1.82, 2.24) is 5.32 Å². The van der Waals surface area contributed by atoms with Gasteiger partial charge in [0.1, 0.15) is 0 Å². The van der Waals surface area contributed by atoms with Crippen LogP contribution in [-0.2, 0) is 22.4 Å². The van der Waals surface area contributed by atoms with E-state index in [4.69, 9.17) is 18.9 Å². The highest BCUT2D eigenvalue weighted by molar-refractivity contribution is 7.89. The molecule has 0 spiro atoms. The zero-order valence-electron chi connectivity index (χ0n) is 20.1. The van der Waals surface area contributed by atoms with Crippen LogP contribution in [0, 0.1) is 0 Å². The fraction of sp³-hybridized carbons (Fsp3) is 0.417. The first kappa shape index (κ1) is 26.3. The Morgan fingerprint density at radius 1 is 1.00 bits per heavy atom. The molecule has 2 aromatic carbocycles. The van der Waals surface area contributed by atoms with Gasteiger partial charge in [0, 0.05) is 12.5 Å². The minimum atomic E-state index is -0.611. The number of carbonyl (C=O) groups excluding carboxylic acids is 1. The second kappa shape index (κ2) is 11.8. The fourth-order valence-electron chi connectivity index (χ4n) is 3.86. The molecular formula is C24H31NO7S. The molecule has 0 saturated heterocycles. The summed E-state index contributed by atoms with van der Waals surface area (Å²) in [6.45, 7) is 1.46. The van der Waals surface area contributed by atoms with Gasteiger partial charge in [-0.2, -0.15) is 0 Å². The molecule has 8 nitrogen and oxygen atoms in total. The molecule has 1 aliphatic carbocycles. The molecule has 1 atom stereocenters. The molecule has 0 aliphatic heterocycles. The molecule has 1 amide bonds. The quantitative estimate of drug-likeness (QED) is 0.660. The molecule has 0 aromatic heterocycles. The van der Waals surface area contributed by atoms with Crippen LogP contribution in [-0.4, -0.2) is 51.4 Å². The summed E-state index contributed by atoms with van der Waals surface area (Å²) in [4.78, 5) is 24.5. The van der Waals surface area contributed by atoms with E-state index in [-0.39, 0.29) is 23.1 Å². The zero-order chi connectivity index (χ0) is 24.7. The third-order valence-corrected chi connectivity index (χ3v) is 5.10. The fourth-order valence-corrected chi connectivity index (χ4v) is 3.86. The van der Waals surface area contributed by atoms with Crippen LogP contribution in [0.5, 0.6) is 23.0 Å². The van der Waals surface area contributed by atoms with Gasteiger partial charge in [-0.1, -0.05) is 17.2 Å². The minimum Gasteiger partial charge on any atom is -0.617 e. The topological polar surface area (TPSA) is 106 Å². The van der Waals surface area contributed by atoms with Gasteiger partial charge in [-0.15, -0.1) is 0 Å². The second-order valence-electron chi connectivity index (χ2n) is 7.49. The molecule has 180 valence electrons. The summed E-state index contributed by atoms with van der Waals surface area (Å²) >= 11 is -0.611. The van der Waals surface area contributed by atoms with Crippen LogP contribution >= 0.6 is 0 Å². The van der Waals surface area contributed by atoms with Crippen molar-refractivity contribution in [2.24, 2.45) is 0 Å². The molecule has 0 unspecified atom stereocenters. The number of fused-ring (bicyclic) bond motifs is 3. The summed E-state index contributed by atoms with van der Waals surface area (Å²) in [7, 11) is 6.14. The molecule has 0 saturated carbocycles. The molecule has 3 rings (SSSR count). The van der Waals surface area contributed by atoms with Crippen molar-refractivity contribution in [3.8, 4) is 34.1 Å². The summed E-state index contributed by atoms with van der Waals surface area (Å²) in [5.41, 5.74) is 3.01. The maximum atomic E-state index is 12.6. The van der Waals surface area contributed by atoms with E-state index in [0.717, 1.165) is 16.7 Å². The van der Waals surface area contributed by atoms with Crippen molar-refractivity contribution in [3.63, 3.8) is 0 Å². The van der Waals surface area contributed by atoms with E-state index in [2.05, 4.69) is 5.32 Å². The molecule has 0 radical (unpaired) electrons. The molecule has 0 fully saturated rings. The van der Waals surface area contributed by atoms with Gasteiger partial charge in [0.2, 0.25) is 17.1 Å². The van der Waals surface area contributed by atoms with E-state index in [1.807, 2.05) is 12.1 Å². The lowest BCUT2D eigenvalue weighted by Crippen LogP contribution is -2.26. The zero-order valence-corrected chi connectivity index (χ0v) is 20.9. The maximum absolute atomic E-state index is 12.6. The van der Waals surface area contributed by atoms with Crippen LogP contribution in [0.4, 0.5) is 0 Å². The van der Waals surface area contributed by atoms with Gasteiger partial charge >= 0.3 is 0 Å². The summed E-state index contributed by atoms with van der Waals surface area (Å²) in [5.74, 6) is 1.60. The van der Waals surface area contributed by atoms with Crippen molar-refractivity contribution in [3.05, 3.63) is 45.6 Å². The Morgan fingerprint density at radius 3 is 2.12 bits per heavy atom. The number of hydrogen-bond donors (Lipinski definition) is 1. The third-order valence-electron chi connectivity index (χ3n) is 5.10. The van der Waals surface area contributed by atoms with Crippen LogP contribution < -0.4 is 29.7 Å². The van der Waals surface area contributed by atoms with E-state index in [0.29, 0.717) is 35.7 Å². The van der Waals surface area contributed by atoms with E-state index in [9.17, 15) is 14.1 Å². The first-order valence-corrected chi connectivity index (χ1v) is 12.2. The van der Waals surface area contributed by atoms with Crippen molar-refractivity contribution in [2.45, 2.75) is 25.8 Å². The van der Waals surface area contributed by atoms with Crippen LogP contribution in [0.15, 0.2) is 29.1 Å². The number of rotatable bonds is 5. The van der Waals surface area contributed by atoms with Crippen LogP contribution in [0.2, 0.25) is 0 Å². The lowest BCUT2D eigenvalue weighted by molar-refractivity contribution is -0.119. The van der Waals surface area contributed by atoms with E-state index >= 15 is 0 Å². The van der Waals surface area contributed by atoms with Crippen LogP contribution in [0.25, 0.3) is 11.1 Å². The number of nitrogens with one attached hydrogen (secondary N) is 1. The molecule has 2 aromatic rings. The highest BCUT2D eigenvalue weighted by Gasteiger charge is 2.29. The predicted molar refractivity (Wildman–Crippen MR) is 129 cm³/mol. The van der Waals surface area contributed by atoms with E-state index in [1.165, 1.54) is 20.1 Å². The lowest BCUT2D eigenvalue weighted by atomic mass is 9.95. The molecule has 33 heavy (non-hydrogen) atoms. The van der Waals surface area contributed by atoms with Crippen molar-refractivity contribution in [2.75, 3.05) is 41.0 Å². The Hall–Kier alpha value is -2.91. The van der Waals surface area contributed by atoms with Gasteiger partial charge in [-0.25, -0.2) is 0 Å². The number of methoxy groups -OCH3 is 4. The predicted octanol–water partition coefficient (Wildman–Crippen LogP) is 2.87. The second-order valence-corrected chi connectivity index (χ2v) is 8.98. The Morgan fingerprint density at radius 2 is 1.61 bits per heavy atom. The number of benzene rings is 1. The Kier molecular flexibility index (Phi) is 9.43. The first-order chi connectivity index (χ1) is 15.7. The van der Waals surface area contributed by atoms with Gasteiger partial charge < -0.3 is 28.8 Å². The van der Waals surface area contributed by atoms with Gasteiger partial charge in [-0.05, 0) is 47.7 Å². The van der Waals surface area contributed by atoms with Gasteiger partial charge in [0.15, 0.2) is 17.2 Å². The lowest BCUT2D eigenvalue weighted by Gasteiger charge is -2.19. The van der Waals surface area contributed by atoms with E-state index < -0.39 is 11.2 Å².